The maximum Gasteiger partial charge on any atom is 0.230 e. The van der Waals surface area contributed by atoms with Crippen molar-refractivity contribution in [2.45, 2.75) is 39.4 Å². The van der Waals surface area contributed by atoms with E-state index in [0.29, 0.717) is 17.5 Å². The summed E-state index contributed by atoms with van der Waals surface area (Å²) in [6, 6.07) is 3.68. The van der Waals surface area contributed by atoms with Gasteiger partial charge in [0.2, 0.25) is 5.91 Å². The molecule has 0 unspecified atom stereocenters. The van der Waals surface area contributed by atoms with Gasteiger partial charge in [0.15, 0.2) is 0 Å². The van der Waals surface area contributed by atoms with Crippen LogP contribution in [0.15, 0.2) is 18.3 Å². The highest BCUT2D eigenvalue weighted by Gasteiger charge is 2.18. The van der Waals surface area contributed by atoms with Crippen LogP contribution in [-0.2, 0) is 24.4 Å². The fourth-order valence-electron chi connectivity index (χ4n) is 2.41. The standard InChI is InChI=1S/C16H21NO3/c1-2-3-5-17-6-4-12-7-14(10-18)15(11-19)8-13(12)9-16(17)20/h4,6-8,18-19H,2-3,5,9-11H2,1H3. The third-order valence-corrected chi connectivity index (χ3v) is 3.65. The molecule has 20 heavy (non-hydrogen) atoms. The fraction of sp³-hybridized carbons (Fsp3) is 0.438. The van der Waals surface area contributed by atoms with Gasteiger partial charge in [0.1, 0.15) is 0 Å². The molecule has 1 aromatic carbocycles. The number of fused-ring (bicyclic) bond motifs is 1. The van der Waals surface area contributed by atoms with Crippen molar-refractivity contribution in [3.8, 4) is 0 Å². The molecule has 1 aliphatic heterocycles. The lowest BCUT2D eigenvalue weighted by Gasteiger charge is -2.16. The largest absolute Gasteiger partial charge is 0.392 e. The van der Waals surface area contributed by atoms with Gasteiger partial charge in [-0.05, 0) is 40.8 Å². The van der Waals surface area contributed by atoms with E-state index in [-0.39, 0.29) is 19.1 Å². The fourth-order valence-corrected chi connectivity index (χ4v) is 2.41. The molecular weight excluding hydrogens is 254 g/mol. The van der Waals surface area contributed by atoms with Crippen LogP contribution in [0.1, 0.15) is 42.0 Å². The molecule has 1 heterocycles. The van der Waals surface area contributed by atoms with Crippen molar-refractivity contribution in [1.29, 1.82) is 0 Å². The van der Waals surface area contributed by atoms with Gasteiger partial charge >= 0.3 is 0 Å². The summed E-state index contributed by atoms with van der Waals surface area (Å²) in [5, 5.41) is 18.7. The first-order valence-corrected chi connectivity index (χ1v) is 7.03. The van der Waals surface area contributed by atoms with Crippen LogP contribution in [-0.4, -0.2) is 27.6 Å². The zero-order chi connectivity index (χ0) is 14.5. The van der Waals surface area contributed by atoms with Crippen LogP contribution in [0.5, 0.6) is 0 Å². The molecule has 108 valence electrons. The number of unbranched alkanes of at least 4 members (excludes halogenated alkanes) is 1. The quantitative estimate of drug-likeness (QED) is 0.862. The molecule has 1 aromatic rings. The molecule has 0 fully saturated rings. The van der Waals surface area contributed by atoms with Crippen LogP contribution in [0.2, 0.25) is 0 Å². The number of aliphatic hydroxyl groups excluding tert-OH is 2. The van der Waals surface area contributed by atoms with Crippen molar-refractivity contribution in [3.63, 3.8) is 0 Å². The molecule has 4 nitrogen and oxygen atoms in total. The molecule has 1 aliphatic rings. The van der Waals surface area contributed by atoms with Gasteiger partial charge in [-0.25, -0.2) is 0 Å². The molecule has 4 heteroatoms. The lowest BCUT2D eigenvalue weighted by atomic mass is 9.97. The summed E-state index contributed by atoms with van der Waals surface area (Å²) in [5.74, 6) is 0.0779. The Morgan fingerprint density at radius 2 is 1.90 bits per heavy atom. The summed E-state index contributed by atoms with van der Waals surface area (Å²) in [5.41, 5.74) is 3.25. The van der Waals surface area contributed by atoms with Crippen molar-refractivity contribution in [3.05, 3.63) is 40.6 Å². The Labute approximate surface area is 119 Å². The van der Waals surface area contributed by atoms with Crippen LogP contribution in [0, 0.1) is 0 Å². The molecule has 0 saturated carbocycles. The van der Waals surface area contributed by atoms with Gasteiger partial charge in [0, 0.05) is 12.7 Å². The SMILES string of the molecule is CCCCN1C=Cc2cc(CO)c(CO)cc2CC1=O. The van der Waals surface area contributed by atoms with E-state index in [4.69, 9.17) is 0 Å². The molecule has 0 aliphatic carbocycles. The number of carbonyl (C=O) groups is 1. The summed E-state index contributed by atoms with van der Waals surface area (Å²) >= 11 is 0. The van der Waals surface area contributed by atoms with Gasteiger partial charge in [0.05, 0.1) is 19.6 Å². The van der Waals surface area contributed by atoms with Gasteiger partial charge in [-0.3, -0.25) is 4.79 Å². The number of benzene rings is 1. The van der Waals surface area contributed by atoms with Crippen molar-refractivity contribution >= 4 is 12.0 Å². The van der Waals surface area contributed by atoms with E-state index in [1.54, 1.807) is 4.90 Å². The average Bonchev–Trinajstić information content (AvgIpc) is 2.61. The van der Waals surface area contributed by atoms with E-state index in [1.165, 1.54) is 0 Å². The molecule has 0 atom stereocenters. The molecule has 0 spiro atoms. The van der Waals surface area contributed by atoms with E-state index in [2.05, 4.69) is 6.92 Å². The highest BCUT2D eigenvalue weighted by Crippen LogP contribution is 2.23. The number of carbonyl (C=O) groups excluding carboxylic acids is 1. The van der Waals surface area contributed by atoms with Gasteiger partial charge in [0.25, 0.3) is 0 Å². The Kier molecular flexibility index (Phi) is 4.93. The second-order valence-corrected chi connectivity index (χ2v) is 5.07. The molecule has 0 aromatic heterocycles. The minimum atomic E-state index is -0.124. The van der Waals surface area contributed by atoms with E-state index >= 15 is 0 Å². The van der Waals surface area contributed by atoms with Gasteiger partial charge in [-0.15, -0.1) is 0 Å². The number of aliphatic hydroxyl groups is 2. The number of amides is 1. The van der Waals surface area contributed by atoms with E-state index in [0.717, 1.165) is 30.5 Å². The van der Waals surface area contributed by atoms with E-state index < -0.39 is 0 Å². The van der Waals surface area contributed by atoms with Crippen LogP contribution in [0.4, 0.5) is 0 Å². The van der Waals surface area contributed by atoms with Gasteiger partial charge < -0.3 is 15.1 Å². The predicted molar refractivity (Wildman–Crippen MR) is 77.6 cm³/mol. The normalized spacial score (nSPS) is 14.3. The number of hydrogen-bond acceptors (Lipinski definition) is 3. The number of nitrogens with zero attached hydrogens (tertiary/aromatic N) is 1. The third-order valence-electron chi connectivity index (χ3n) is 3.65. The van der Waals surface area contributed by atoms with Crippen molar-refractivity contribution < 1.29 is 15.0 Å². The summed E-state index contributed by atoms with van der Waals surface area (Å²) in [6.07, 6.45) is 6.11. The first-order chi connectivity index (χ1) is 9.69. The molecule has 0 bridgehead atoms. The maximum absolute atomic E-state index is 12.2. The van der Waals surface area contributed by atoms with E-state index in [9.17, 15) is 15.0 Å². The van der Waals surface area contributed by atoms with E-state index in [1.807, 2.05) is 24.4 Å². The smallest absolute Gasteiger partial charge is 0.230 e. The average molecular weight is 275 g/mol. The van der Waals surface area contributed by atoms with Crippen LogP contribution in [0.25, 0.3) is 6.08 Å². The second kappa shape index (κ2) is 6.68. The second-order valence-electron chi connectivity index (χ2n) is 5.07. The first-order valence-electron chi connectivity index (χ1n) is 7.03. The first kappa shape index (κ1) is 14.8. The minimum absolute atomic E-state index is 0.0779. The van der Waals surface area contributed by atoms with Gasteiger partial charge in [-0.1, -0.05) is 19.4 Å². The molecule has 0 radical (unpaired) electrons. The summed E-state index contributed by atoms with van der Waals surface area (Å²) < 4.78 is 0. The topological polar surface area (TPSA) is 60.8 Å². The number of hydrogen-bond donors (Lipinski definition) is 2. The Morgan fingerprint density at radius 1 is 1.20 bits per heavy atom. The third kappa shape index (κ3) is 3.08. The van der Waals surface area contributed by atoms with Crippen molar-refractivity contribution in [2.24, 2.45) is 0 Å². The Bertz CT molecular complexity index is 523. The Hall–Kier alpha value is -1.65. The molecule has 1 amide bonds. The van der Waals surface area contributed by atoms with Crippen molar-refractivity contribution in [1.82, 2.24) is 4.90 Å². The lowest BCUT2D eigenvalue weighted by Crippen LogP contribution is -2.27. The monoisotopic (exact) mass is 275 g/mol. The molecule has 2 N–H and O–H groups in total. The lowest BCUT2D eigenvalue weighted by molar-refractivity contribution is -0.127. The van der Waals surface area contributed by atoms with Crippen LogP contribution < -0.4 is 0 Å². The highest BCUT2D eigenvalue weighted by atomic mass is 16.3. The molecule has 2 rings (SSSR count). The summed E-state index contributed by atoms with van der Waals surface area (Å²) in [6.45, 7) is 2.60. The van der Waals surface area contributed by atoms with Crippen molar-refractivity contribution in [2.75, 3.05) is 6.54 Å². The molecular formula is C16H21NO3. The summed E-state index contributed by atoms with van der Waals surface area (Å²) in [4.78, 5) is 14.0. The Morgan fingerprint density at radius 3 is 2.55 bits per heavy atom. The van der Waals surface area contributed by atoms with Gasteiger partial charge in [-0.2, -0.15) is 0 Å². The minimum Gasteiger partial charge on any atom is -0.392 e. The predicted octanol–water partition coefficient (Wildman–Crippen LogP) is 1.83. The molecule has 0 saturated heterocycles. The summed E-state index contributed by atoms with van der Waals surface area (Å²) in [7, 11) is 0. The highest BCUT2D eigenvalue weighted by molar-refractivity contribution is 5.83. The Balaban J connectivity index is 2.31. The maximum atomic E-state index is 12.2. The number of rotatable bonds is 5. The van der Waals surface area contributed by atoms with Crippen LogP contribution in [0.3, 0.4) is 0 Å². The zero-order valence-corrected chi connectivity index (χ0v) is 11.8. The zero-order valence-electron chi connectivity index (χ0n) is 11.8. The van der Waals surface area contributed by atoms with Crippen LogP contribution >= 0.6 is 0 Å².